The maximum absolute atomic E-state index is 11.8. The molecule has 20 heavy (non-hydrogen) atoms. The Hall–Kier alpha value is -1.75. The summed E-state index contributed by atoms with van der Waals surface area (Å²) < 4.78 is 0. The predicted molar refractivity (Wildman–Crippen MR) is 83.0 cm³/mol. The Balaban J connectivity index is 1.99. The van der Waals surface area contributed by atoms with E-state index in [0.29, 0.717) is 23.7 Å². The molecule has 0 saturated carbocycles. The second-order valence-corrected chi connectivity index (χ2v) is 5.46. The van der Waals surface area contributed by atoms with Gasteiger partial charge in [0.25, 0.3) is 5.91 Å². The van der Waals surface area contributed by atoms with Gasteiger partial charge in [-0.15, -0.1) is 0 Å². The monoisotopic (exact) mass is 276 g/mol. The van der Waals surface area contributed by atoms with Crippen LogP contribution in [0.5, 0.6) is 0 Å². The molecular weight excluding hydrogens is 252 g/mol. The number of nitrogens with zero attached hydrogens (tertiary/aromatic N) is 1. The number of nitrogens with one attached hydrogen (secondary N) is 2. The first-order chi connectivity index (χ1) is 9.60. The summed E-state index contributed by atoms with van der Waals surface area (Å²) in [5.74, 6) is 0.587. The van der Waals surface area contributed by atoms with Gasteiger partial charge in [0.2, 0.25) is 0 Å². The standard InChI is InChI=1S/C15H24N4O/c1-3-17-15(20)12-4-5-13(16)14(8-12)18-9-11-6-7-19(2)10-11/h4-5,8,11,18H,3,6-7,9-10,16H2,1-2H3,(H,17,20). The van der Waals surface area contributed by atoms with Crippen molar-refractivity contribution < 1.29 is 4.79 Å². The molecule has 1 heterocycles. The Bertz CT molecular complexity index is 475. The smallest absolute Gasteiger partial charge is 0.251 e. The molecule has 1 aromatic rings. The third kappa shape index (κ3) is 3.63. The summed E-state index contributed by atoms with van der Waals surface area (Å²) in [6.07, 6.45) is 1.21. The van der Waals surface area contributed by atoms with Crippen LogP contribution in [0.15, 0.2) is 18.2 Å². The molecule has 1 saturated heterocycles. The van der Waals surface area contributed by atoms with E-state index in [1.54, 1.807) is 12.1 Å². The van der Waals surface area contributed by atoms with Gasteiger partial charge in [-0.3, -0.25) is 4.79 Å². The zero-order chi connectivity index (χ0) is 14.5. The van der Waals surface area contributed by atoms with Crippen molar-refractivity contribution in [3.8, 4) is 0 Å². The maximum Gasteiger partial charge on any atom is 0.251 e. The first kappa shape index (κ1) is 14.7. The lowest BCUT2D eigenvalue weighted by molar-refractivity contribution is 0.0956. The molecule has 1 fully saturated rings. The minimum absolute atomic E-state index is 0.0591. The summed E-state index contributed by atoms with van der Waals surface area (Å²) in [5, 5.41) is 6.18. The largest absolute Gasteiger partial charge is 0.397 e. The van der Waals surface area contributed by atoms with Crippen molar-refractivity contribution in [2.75, 3.05) is 44.3 Å². The summed E-state index contributed by atoms with van der Waals surface area (Å²) in [5.41, 5.74) is 8.15. The maximum atomic E-state index is 11.8. The number of amides is 1. The first-order valence-electron chi connectivity index (χ1n) is 7.20. The van der Waals surface area contributed by atoms with Crippen LogP contribution >= 0.6 is 0 Å². The lowest BCUT2D eigenvalue weighted by Gasteiger charge is -2.15. The van der Waals surface area contributed by atoms with Crippen LogP contribution < -0.4 is 16.4 Å². The van der Waals surface area contributed by atoms with Crippen LogP contribution in [-0.2, 0) is 0 Å². The Kier molecular flexibility index (Phi) is 4.84. The number of hydrogen-bond acceptors (Lipinski definition) is 4. The van der Waals surface area contributed by atoms with Crippen molar-refractivity contribution >= 4 is 17.3 Å². The van der Waals surface area contributed by atoms with Crippen molar-refractivity contribution in [3.63, 3.8) is 0 Å². The van der Waals surface area contributed by atoms with Gasteiger partial charge in [-0.1, -0.05) is 0 Å². The van der Waals surface area contributed by atoms with Gasteiger partial charge >= 0.3 is 0 Å². The van der Waals surface area contributed by atoms with E-state index in [1.807, 2.05) is 13.0 Å². The molecule has 5 nitrogen and oxygen atoms in total. The molecule has 0 aromatic heterocycles. The minimum atomic E-state index is -0.0591. The van der Waals surface area contributed by atoms with E-state index < -0.39 is 0 Å². The molecule has 110 valence electrons. The molecule has 1 aliphatic heterocycles. The van der Waals surface area contributed by atoms with Crippen LogP contribution in [0.1, 0.15) is 23.7 Å². The van der Waals surface area contributed by atoms with E-state index in [-0.39, 0.29) is 5.91 Å². The molecule has 1 unspecified atom stereocenters. The van der Waals surface area contributed by atoms with Gasteiger partial charge in [-0.2, -0.15) is 0 Å². The molecule has 1 aromatic carbocycles. The lowest BCUT2D eigenvalue weighted by atomic mass is 10.1. The second kappa shape index (κ2) is 6.61. The van der Waals surface area contributed by atoms with E-state index in [4.69, 9.17) is 5.73 Å². The van der Waals surface area contributed by atoms with E-state index in [1.165, 1.54) is 6.42 Å². The van der Waals surface area contributed by atoms with Crippen molar-refractivity contribution in [1.82, 2.24) is 10.2 Å². The summed E-state index contributed by atoms with van der Waals surface area (Å²) in [4.78, 5) is 14.2. The molecule has 1 amide bonds. The summed E-state index contributed by atoms with van der Waals surface area (Å²) in [6.45, 7) is 5.70. The third-order valence-electron chi connectivity index (χ3n) is 3.72. The number of likely N-dealkylation sites (tertiary alicyclic amines) is 1. The van der Waals surface area contributed by atoms with Gasteiger partial charge in [-0.05, 0) is 51.1 Å². The normalized spacial score (nSPS) is 19.0. The molecule has 1 aliphatic rings. The average Bonchev–Trinajstić information content (AvgIpc) is 2.84. The highest BCUT2D eigenvalue weighted by Crippen LogP contribution is 2.22. The quantitative estimate of drug-likeness (QED) is 0.711. The summed E-state index contributed by atoms with van der Waals surface area (Å²) >= 11 is 0. The number of nitrogens with two attached hydrogens (primary N) is 1. The minimum Gasteiger partial charge on any atom is -0.397 e. The number of carbonyl (C=O) groups excluding carboxylic acids is 1. The van der Waals surface area contributed by atoms with Gasteiger partial charge in [0.05, 0.1) is 11.4 Å². The average molecular weight is 276 g/mol. The number of hydrogen-bond donors (Lipinski definition) is 3. The van der Waals surface area contributed by atoms with Crippen LogP contribution in [0.3, 0.4) is 0 Å². The molecule has 2 rings (SSSR count). The van der Waals surface area contributed by atoms with Crippen molar-refractivity contribution in [3.05, 3.63) is 23.8 Å². The van der Waals surface area contributed by atoms with Gasteiger partial charge < -0.3 is 21.3 Å². The molecular formula is C15H24N4O. The van der Waals surface area contributed by atoms with Gasteiger partial charge in [0.1, 0.15) is 0 Å². The molecule has 0 spiro atoms. The zero-order valence-corrected chi connectivity index (χ0v) is 12.3. The molecule has 1 atom stereocenters. The molecule has 0 bridgehead atoms. The van der Waals surface area contributed by atoms with Crippen LogP contribution in [0.4, 0.5) is 11.4 Å². The van der Waals surface area contributed by atoms with E-state index in [9.17, 15) is 4.79 Å². The Morgan fingerprint density at radius 1 is 1.50 bits per heavy atom. The van der Waals surface area contributed by atoms with Crippen molar-refractivity contribution in [1.29, 1.82) is 0 Å². The first-order valence-corrected chi connectivity index (χ1v) is 7.20. The highest BCUT2D eigenvalue weighted by Gasteiger charge is 2.19. The number of rotatable bonds is 5. The Morgan fingerprint density at radius 2 is 2.30 bits per heavy atom. The van der Waals surface area contributed by atoms with Gasteiger partial charge in [0.15, 0.2) is 0 Å². The zero-order valence-electron chi connectivity index (χ0n) is 12.3. The number of carbonyl (C=O) groups is 1. The third-order valence-corrected chi connectivity index (χ3v) is 3.72. The van der Waals surface area contributed by atoms with Crippen LogP contribution in [0, 0.1) is 5.92 Å². The van der Waals surface area contributed by atoms with Crippen molar-refractivity contribution in [2.24, 2.45) is 5.92 Å². The van der Waals surface area contributed by atoms with Crippen LogP contribution in [0.2, 0.25) is 0 Å². The molecule has 4 N–H and O–H groups in total. The van der Waals surface area contributed by atoms with Crippen LogP contribution in [0.25, 0.3) is 0 Å². The van der Waals surface area contributed by atoms with Crippen molar-refractivity contribution in [2.45, 2.75) is 13.3 Å². The molecule has 0 radical (unpaired) electrons. The predicted octanol–water partition coefficient (Wildman–Crippen LogP) is 1.38. The van der Waals surface area contributed by atoms with E-state index in [2.05, 4.69) is 22.6 Å². The topological polar surface area (TPSA) is 70.4 Å². The molecule has 0 aliphatic carbocycles. The number of anilines is 2. The Morgan fingerprint density at radius 3 is 2.95 bits per heavy atom. The fourth-order valence-corrected chi connectivity index (χ4v) is 2.56. The summed E-state index contributed by atoms with van der Waals surface area (Å²) in [7, 11) is 2.14. The highest BCUT2D eigenvalue weighted by molar-refractivity contribution is 5.96. The van der Waals surface area contributed by atoms with E-state index >= 15 is 0 Å². The number of benzene rings is 1. The van der Waals surface area contributed by atoms with E-state index in [0.717, 1.165) is 25.3 Å². The fraction of sp³-hybridized carbons (Fsp3) is 0.533. The van der Waals surface area contributed by atoms with Gasteiger partial charge in [0, 0.05) is 25.2 Å². The van der Waals surface area contributed by atoms with Crippen LogP contribution in [-0.4, -0.2) is 44.0 Å². The molecule has 5 heteroatoms. The highest BCUT2D eigenvalue weighted by atomic mass is 16.1. The lowest BCUT2D eigenvalue weighted by Crippen LogP contribution is -2.23. The second-order valence-electron chi connectivity index (χ2n) is 5.46. The SMILES string of the molecule is CCNC(=O)c1ccc(N)c(NCC2CCN(C)C2)c1. The number of nitrogen functional groups attached to an aromatic ring is 1. The summed E-state index contributed by atoms with van der Waals surface area (Å²) in [6, 6.07) is 5.38. The Labute approximate surface area is 120 Å². The fourth-order valence-electron chi connectivity index (χ4n) is 2.56. The van der Waals surface area contributed by atoms with Gasteiger partial charge in [-0.25, -0.2) is 0 Å².